The molecule has 0 aliphatic rings. The number of aliphatic imine (C=N–C) groups is 1. The highest BCUT2D eigenvalue weighted by Crippen LogP contribution is 2.03. The lowest BCUT2D eigenvalue weighted by Crippen LogP contribution is -2.11. The smallest absolute Gasteiger partial charge is 0.123 e. The Morgan fingerprint density at radius 3 is 2.60 bits per heavy atom. The van der Waals surface area contributed by atoms with Gasteiger partial charge in [0, 0.05) is 13.0 Å². The number of benzene rings is 1. The summed E-state index contributed by atoms with van der Waals surface area (Å²) >= 11 is 0. The molecule has 0 unspecified atom stereocenters. The molecular formula is C12H17FN2. The summed E-state index contributed by atoms with van der Waals surface area (Å²) in [4.78, 5) is 4.23. The van der Waals surface area contributed by atoms with E-state index in [2.05, 4.69) is 11.9 Å². The Hall–Kier alpha value is -1.38. The molecule has 0 spiro atoms. The maximum absolute atomic E-state index is 12.6. The Morgan fingerprint density at radius 1 is 1.33 bits per heavy atom. The first-order chi connectivity index (χ1) is 7.22. The molecule has 0 aromatic heterocycles. The molecule has 0 saturated carbocycles. The summed E-state index contributed by atoms with van der Waals surface area (Å²) < 4.78 is 12.6. The highest BCUT2D eigenvalue weighted by Gasteiger charge is 1.94. The van der Waals surface area contributed by atoms with Crippen molar-refractivity contribution in [3.05, 3.63) is 35.6 Å². The number of halogens is 1. The van der Waals surface area contributed by atoms with Crippen molar-refractivity contribution in [2.75, 3.05) is 6.54 Å². The molecule has 0 bridgehead atoms. The van der Waals surface area contributed by atoms with Crippen LogP contribution in [0.2, 0.25) is 0 Å². The third-order valence-electron chi connectivity index (χ3n) is 2.13. The van der Waals surface area contributed by atoms with Crippen molar-refractivity contribution in [3.8, 4) is 0 Å². The lowest BCUT2D eigenvalue weighted by Gasteiger charge is -2.00. The van der Waals surface area contributed by atoms with E-state index in [0.717, 1.165) is 24.8 Å². The standard InChI is InChI=1S/C12H17FN2/c1-2-3-12(14)15-9-8-10-4-6-11(13)7-5-10/h4-7H,2-3,8-9H2,1H3,(H2,14,15). The Morgan fingerprint density at radius 2 is 2.00 bits per heavy atom. The number of hydrogen-bond donors (Lipinski definition) is 1. The van der Waals surface area contributed by atoms with E-state index < -0.39 is 0 Å². The van der Waals surface area contributed by atoms with Crippen molar-refractivity contribution < 1.29 is 4.39 Å². The number of hydrogen-bond acceptors (Lipinski definition) is 1. The average molecular weight is 208 g/mol. The van der Waals surface area contributed by atoms with E-state index in [4.69, 9.17) is 5.73 Å². The lowest BCUT2D eigenvalue weighted by atomic mass is 10.1. The Kier molecular flexibility index (Phi) is 4.81. The van der Waals surface area contributed by atoms with Crippen LogP contribution in [0, 0.1) is 5.82 Å². The Bertz CT molecular complexity index is 317. The van der Waals surface area contributed by atoms with E-state index in [9.17, 15) is 4.39 Å². The minimum atomic E-state index is -0.201. The highest BCUT2D eigenvalue weighted by atomic mass is 19.1. The molecule has 0 amide bonds. The van der Waals surface area contributed by atoms with Gasteiger partial charge in [-0.3, -0.25) is 4.99 Å². The minimum Gasteiger partial charge on any atom is -0.387 e. The van der Waals surface area contributed by atoms with Gasteiger partial charge in [-0.1, -0.05) is 19.1 Å². The van der Waals surface area contributed by atoms with Crippen molar-refractivity contribution in [2.45, 2.75) is 26.2 Å². The molecule has 0 saturated heterocycles. The first kappa shape index (κ1) is 11.7. The highest BCUT2D eigenvalue weighted by molar-refractivity contribution is 5.80. The summed E-state index contributed by atoms with van der Waals surface area (Å²) in [5.41, 5.74) is 6.75. The molecule has 82 valence electrons. The first-order valence-corrected chi connectivity index (χ1v) is 5.25. The van der Waals surface area contributed by atoms with Gasteiger partial charge in [0.05, 0.1) is 5.84 Å². The largest absolute Gasteiger partial charge is 0.387 e. The van der Waals surface area contributed by atoms with Gasteiger partial charge < -0.3 is 5.73 Å². The summed E-state index contributed by atoms with van der Waals surface area (Å²) in [7, 11) is 0. The van der Waals surface area contributed by atoms with Crippen molar-refractivity contribution in [1.29, 1.82) is 0 Å². The maximum atomic E-state index is 12.6. The number of nitrogens with zero attached hydrogens (tertiary/aromatic N) is 1. The molecule has 2 N–H and O–H groups in total. The van der Waals surface area contributed by atoms with Crippen LogP contribution in [0.4, 0.5) is 4.39 Å². The average Bonchev–Trinajstić information content (AvgIpc) is 2.21. The second-order valence-electron chi connectivity index (χ2n) is 3.50. The summed E-state index contributed by atoms with van der Waals surface area (Å²) in [5, 5.41) is 0. The van der Waals surface area contributed by atoms with Gasteiger partial charge in [0.25, 0.3) is 0 Å². The van der Waals surface area contributed by atoms with E-state index >= 15 is 0 Å². The van der Waals surface area contributed by atoms with Crippen LogP contribution in [0.1, 0.15) is 25.3 Å². The minimum absolute atomic E-state index is 0.201. The van der Waals surface area contributed by atoms with Crippen LogP contribution < -0.4 is 5.73 Å². The zero-order valence-electron chi connectivity index (χ0n) is 9.04. The Labute approximate surface area is 90.0 Å². The van der Waals surface area contributed by atoms with E-state index in [1.54, 1.807) is 12.1 Å². The van der Waals surface area contributed by atoms with Crippen LogP contribution in [0.25, 0.3) is 0 Å². The molecule has 15 heavy (non-hydrogen) atoms. The SMILES string of the molecule is CCCC(N)=NCCc1ccc(F)cc1. The molecule has 0 aliphatic heterocycles. The zero-order chi connectivity index (χ0) is 11.1. The predicted molar refractivity (Wildman–Crippen MR) is 61.5 cm³/mol. The summed E-state index contributed by atoms with van der Waals surface area (Å²) in [5.74, 6) is 0.507. The van der Waals surface area contributed by atoms with E-state index in [0.29, 0.717) is 12.4 Å². The molecule has 1 rings (SSSR count). The van der Waals surface area contributed by atoms with Crippen molar-refractivity contribution >= 4 is 5.84 Å². The topological polar surface area (TPSA) is 38.4 Å². The fourth-order valence-corrected chi connectivity index (χ4v) is 1.31. The second kappa shape index (κ2) is 6.17. The molecule has 0 aliphatic carbocycles. The molecule has 0 radical (unpaired) electrons. The van der Waals surface area contributed by atoms with Crippen LogP contribution in [0.5, 0.6) is 0 Å². The predicted octanol–water partition coefficient (Wildman–Crippen LogP) is 2.53. The molecule has 1 aromatic carbocycles. The molecule has 3 heteroatoms. The summed E-state index contributed by atoms with van der Waals surface area (Å²) in [6, 6.07) is 6.49. The Balaban J connectivity index is 2.37. The van der Waals surface area contributed by atoms with Crippen LogP contribution >= 0.6 is 0 Å². The molecule has 0 fully saturated rings. The van der Waals surface area contributed by atoms with E-state index in [-0.39, 0.29) is 5.82 Å². The van der Waals surface area contributed by atoms with Crippen LogP contribution in [0.3, 0.4) is 0 Å². The molecule has 2 nitrogen and oxygen atoms in total. The molecule has 0 heterocycles. The first-order valence-electron chi connectivity index (χ1n) is 5.25. The van der Waals surface area contributed by atoms with Gasteiger partial charge in [0.15, 0.2) is 0 Å². The zero-order valence-corrected chi connectivity index (χ0v) is 9.04. The summed E-state index contributed by atoms with van der Waals surface area (Å²) in [6.07, 6.45) is 2.68. The normalized spacial score (nSPS) is 11.7. The van der Waals surface area contributed by atoms with Crippen molar-refractivity contribution in [3.63, 3.8) is 0 Å². The van der Waals surface area contributed by atoms with Gasteiger partial charge in [-0.15, -0.1) is 0 Å². The van der Waals surface area contributed by atoms with Crippen molar-refractivity contribution in [2.24, 2.45) is 10.7 Å². The quantitative estimate of drug-likeness (QED) is 0.586. The molecular weight excluding hydrogens is 191 g/mol. The van der Waals surface area contributed by atoms with E-state index in [1.165, 1.54) is 12.1 Å². The van der Waals surface area contributed by atoms with Crippen LogP contribution in [-0.4, -0.2) is 12.4 Å². The molecule has 1 aromatic rings. The lowest BCUT2D eigenvalue weighted by molar-refractivity contribution is 0.627. The van der Waals surface area contributed by atoms with Crippen molar-refractivity contribution in [1.82, 2.24) is 0 Å². The van der Waals surface area contributed by atoms with Gasteiger partial charge in [0.1, 0.15) is 5.82 Å². The fraction of sp³-hybridized carbons (Fsp3) is 0.417. The van der Waals surface area contributed by atoms with Crippen LogP contribution in [0.15, 0.2) is 29.3 Å². The van der Waals surface area contributed by atoms with Gasteiger partial charge in [-0.2, -0.15) is 0 Å². The van der Waals surface area contributed by atoms with Gasteiger partial charge in [-0.05, 0) is 30.5 Å². The van der Waals surface area contributed by atoms with Crippen LogP contribution in [-0.2, 0) is 6.42 Å². The fourth-order valence-electron chi connectivity index (χ4n) is 1.31. The van der Waals surface area contributed by atoms with Gasteiger partial charge in [-0.25, -0.2) is 4.39 Å². The van der Waals surface area contributed by atoms with Gasteiger partial charge >= 0.3 is 0 Å². The third kappa shape index (κ3) is 4.58. The number of amidine groups is 1. The monoisotopic (exact) mass is 208 g/mol. The van der Waals surface area contributed by atoms with E-state index in [1.807, 2.05) is 0 Å². The number of rotatable bonds is 5. The summed E-state index contributed by atoms with van der Waals surface area (Å²) in [6.45, 7) is 2.75. The van der Waals surface area contributed by atoms with Gasteiger partial charge in [0.2, 0.25) is 0 Å². The third-order valence-corrected chi connectivity index (χ3v) is 2.13. The number of nitrogens with two attached hydrogens (primary N) is 1. The molecule has 0 atom stereocenters. The maximum Gasteiger partial charge on any atom is 0.123 e. The second-order valence-corrected chi connectivity index (χ2v) is 3.50.